The summed E-state index contributed by atoms with van der Waals surface area (Å²) in [5.74, 6) is 0.546. The molecule has 0 N–H and O–H groups in total. The van der Waals surface area contributed by atoms with Crippen molar-refractivity contribution >= 4 is 27.0 Å². The predicted molar refractivity (Wildman–Crippen MR) is 126 cm³/mol. The van der Waals surface area contributed by atoms with Gasteiger partial charge in [0.15, 0.2) is 5.58 Å². The molecule has 2 aromatic carbocycles. The van der Waals surface area contributed by atoms with Crippen LogP contribution in [0.4, 0.5) is 0 Å². The maximum Gasteiger partial charge on any atom is 0.253 e. The zero-order valence-electron chi connectivity index (χ0n) is 19.3. The van der Waals surface area contributed by atoms with Crippen LogP contribution in [0.25, 0.3) is 11.1 Å². The number of rotatable bonds is 7. The second kappa shape index (κ2) is 9.62. The summed E-state index contributed by atoms with van der Waals surface area (Å²) < 4.78 is 33.2. The molecule has 1 aliphatic heterocycles. The lowest BCUT2D eigenvalue weighted by Crippen LogP contribution is -2.48. The first-order valence-electron chi connectivity index (χ1n) is 11.3. The minimum Gasteiger partial charge on any atom is -0.439 e. The van der Waals surface area contributed by atoms with Crippen molar-refractivity contribution in [3.8, 4) is 0 Å². The predicted octanol–water partition coefficient (Wildman–Crippen LogP) is 3.12. The number of carbonyl (C=O) groups is 1. The van der Waals surface area contributed by atoms with Crippen LogP contribution in [0.1, 0.15) is 35.7 Å². The molecule has 3 aromatic rings. The molecule has 1 aromatic heterocycles. The third kappa shape index (κ3) is 4.95. The van der Waals surface area contributed by atoms with Gasteiger partial charge in [-0.05, 0) is 51.1 Å². The van der Waals surface area contributed by atoms with Gasteiger partial charge in [-0.1, -0.05) is 17.7 Å². The van der Waals surface area contributed by atoms with Crippen molar-refractivity contribution in [3.63, 3.8) is 0 Å². The lowest BCUT2D eigenvalue weighted by molar-refractivity contribution is 0.0773. The molecule has 0 bridgehead atoms. The average Bonchev–Trinajstić information content (AvgIpc) is 3.22. The smallest absolute Gasteiger partial charge is 0.253 e. The van der Waals surface area contributed by atoms with Crippen LogP contribution in [0.5, 0.6) is 0 Å². The number of nitrogens with zero attached hydrogens (tertiary/aromatic N) is 4. The van der Waals surface area contributed by atoms with Gasteiger partial charge in [0.05, 0.1) is 11.4 Å². The number of hydrogen-bond donors (Lipinski definition) is 0. The molecule has 2 heterocycles. The minimum absolute atomic E-state index is 0.0163. The fourth-order valence-electron chi connectivity index (χ4n) is 4.05. The van der Waals surface area contributed by atoms with Crippen LogP contribution in [0.2, 0.25) is 0 Å². The van der Waals surface area contributed by atoms with E-state index in [0.29, 0.717) is 73.3 Å². The standard InChI is InChI=1S/C24H30N4O4S/c1-4-27(5-2)24(29)19-8-11-22-21(16-19)25-23(32-22)17-26-12-14-28(15-13-26)33(30,31)20-9-6-18(3)7-10-20/h6-11,16H,4-5,12-15,17H2,1-3H3. The van der Waals surface area contributed by atoms with E-state index in [1.807, 2.05) is 32.9 Å². The molecule has 176 valence electrons. The number of amides is 1. The quantitative estimate of drug-likeness (QED) is 0.527. The lowest BCUT2D eigenvalue weighted by atomic mass is 10.2. The summed E-state index contributed by atoms with van der Waals surface area (Å²) in [5.41, 5.74) is 2.92. The number of piperazine rings is 1. The first-order chi connectivity index (χ1) is 15.8. The lowest BCUT2D eigenvalue weighted by Gasteiger charge is -2.33. The molecule has 0 radical (unpaired) electrons. The van der Waals surface area contributed by atoms with Crippen LogP contribution in [0.15, 0.2) is 51.8 Å². The van der Waals surface area contributed by atoms with E-state index >= 15 is 0 Å². The van der Waals surface area contributed by atoms with E-state index in [1.165, 1.54) is 4.31 Å². The van der Waals surface area contributed by atoms with Gasteiger partial charge in [-0.15, -0.1) is 0 Å². The van der Waals surface area contributed by atoms with Gasteiger partial charge in [0, 0.05) is 44.8 Å². The Kier molecular flexibility index (Phi) is 6.83. The summed E-state index contributed by atoms with van der Waals surface area (Å²) in [4.78, 5) is 21.4. The summed E-state index contributed by atoms with van der Waals surface area (Å²) in [6.07, 6.45) is 0. The maximum absolute atomic E-state index is 12.9. The van der Waals surface area contributed by atoms with Gasteiger partial charge >= 0.3 is 0 Å². The highest BCUT2D eigenvalue weighted by Gasteiger charge is 2.29. The molecular formula is C24H30N4O4S. The van der Waals surface area contributed by atoms with E-state index in [0.717, 1.165) is 5.56 Å². The molecule has 1 fully saturated rings. The Balaban J connectivity index is 1.40. The molecule has 1 saturated heterocycles. The van der Waals surface area contributed by atoms with Crippen molar-refractivity contribution in [2.75, 3.05) is 39.3 Å². The van der Waals surface area contributed by atoms with Gasteiger partial charge in [0.1, 0.15) is 5.52 Å². The summed E-state index contributed by atoms with van der Waals surface area (Å²) in [6, 6.07) is 12.3. The van der Waals surface area contributed by atoms with E-state index in [4.69, 9.17) is 4.42 Å². The molecular weight excluding hydrogens is 440 g/mol. The summed E-state index contributed by atoms with van der Waals surface area (Å²) in [5, 5.41) is 0. The molecule has 9 heteroatoms. The van der Waals surface area contributed by atoms with E-state index in [9.17, 15) is 13.2 Å². The highest BCUT2D eigenvalue weighted by Crippen LogP contribution is 2.22. The number of aromatic nitrogens is 1. The van der Waals surface area contributed by atoms with Gasteiger partial charge in [-0.3, -0.25) is 9.69 Å². The number of carbonyl (C=O) groups excluding carboxylic acids is 1. The SMILES string of the molecule is CCN(CC)C(=O)c1ccc2oc(CN3CCN(S(=O)(=O)c4ccc(C)cc4)CC3)nc2c1. The highest BCUT2D eigenvalue weighted by molar-refractivity contribution is 7.89. The average molecular weight is 471 g/mol. The largest absolute Gasteiger partial charge is 0.439 e. The molecule has 0 saturated carbocycles. The Hall–Kier alpha value is -2.75. The van der Waals surface area contributed by atoms with Crippen LogP contribution >= 0.6 is 0 Å². The van der Waals surface area contributed by atoms with Gasteiger partial charge < -0.3 is 9.32 Å². The van der Waals surface area contributed by atoms with E-state index in [-0.39, 0.29) is 5.91 Å². The van der Waals surface area contributed by atoms with Crippen LogP contribution in [-0.2, 0) is 16.6 Å². The van der Waals surface area contributed by atoms with E-state index in [1.54, 1.807) is 35.2 Å². The maximum atomic E-state index is 12.9. The number of hydrogen-bond acceptors (Lipinski definition) is 6. The number of benzene rings is 2. The zero-order valence-corrected chi connectivity index (χ0v) is 20.1. The van der Waals surface area contributed by atoms with Crippen LogP contribution in [0.3, 0.4) is 0 Å². The number of oxazole rings is 1. The van der Waals surface area contributed by atoms with Gasteiger partial charge in [0.2, 0.25) is 15.9 Å². The third-order valence-corrected chi connectivity index (χ3v) is 7.99. The molecule has 1 aliphatic rings. The Morgan fingerprint density at radius 1 is 1.03 bits per heavy atom. The number of fused-ring (bicyclic) bond motifs is 1. The minimum atomic E-state index is -3.49. The number of sulfonamides is 1. The van der Waals surface area contributed by atoms with Crippen LogP contribution in [0, 0.1) is 6.92 Å². The Labute approximate surface area is 194 Å². The molecule has 0 aliphatic carbocycles. The first kappa shape index (κ1) is 23.4. The molecule has 0 spiro atoms. The molecule has 33 heavy (non-hydrogen) atoms. The molecule has 0 unspecified atom stereocenters. The molecule has 0 atom stereocenters. The van der Waals surface area contributed by atoms with Crippen LogP contribution < -0.4 is 0 Å². The second-order valence-electron chi connectivity index (χ2n) is 8.26. The highest BCUT2D eigenvalue weighted by atomic mass is 32.2. The number of aryl methyl sites for hydroxylation is 1. The van der Waals surface area contributed by atoms with Gasteiger partial charge in [-0.2, -0.15) is 4.31 Å². The van der Waals surface area contributed by atoms with Crippen molar-refractivity contribution in [1.29, 1.82) is 0 Å². The third-order valence-electron chi connectivity index (χ3n) is 6.08. The molecule has 1 amide bonds. The monoisotopic (exact) mass is 470 g/mol. The normalized spacial score (nSPS) is 15.7. The van der Waals surface area contributed by atoms with Crippen LogP contribution in [-0.4, -0.2) is 72.7 Å². The Morgan fingerprint density at radius 3 is 2.33 bits per heavy atom. The summed E-state index contributed by atoms with van der Waals surface area (Å²) in [7, 11) is -3.49. The second-order valence-corrected chi connectivity index (χ2v) is 10.2. The fourth-order valence-corrected chi connectivity index (χ4v) is 5.47. The van der Waals surface area contributed by atoms with Crippen molar-refractivity contribution in [2.24, 2.45) is 0 Å². The van der Waals surface area contributed by atoms with E-state index < -0.39 is 10.0 Å². The molecule has 4 rings (SSSR count). The summed E-state index contributed by atoms with van der Waals surface area (Å²) >= 11 is 0. The Morgan fingerprint density at radius 2 is 1.70 bits per heavy atom. The van der Waals surface area contributed by atoms with Crippen molar-refractivity contribution in [2.45, 2.75) is 32.2 Å². The topological polar surface area (TPSA) is 87.0 Å². The van der Waals surface area contributed by atoms with Crippen molar-refractivity contribution in [1.82, 2.24) is 19.1 Å². The molecule has 8 nitrogen and oxygen atoms in total. The van der Waals surface area contributed by atoms with Gasteiger partial charge in [0.25, 0.3) is 5.91 Å². The Bertz CT molecular complexity index is 1230. The van der Waals surface area contributed by atoms with Crippen molar-refractivity contribution < 1.29 is 17.6 Å². The van der Waals surface area contributed by atoms with Crippen molar-refractivity contribution in [3.05, 3.63) is 59.5 Å². The van der Waals surface area contributed by atoms with E-state index in [2.05, 4.69) is 9.88 Å². The van der Waals surface area contributed by atoms with Gasteiger partial charge in [-0.25, -0.2) is 13.4 Å². The zero-order chi connectivity index (χ0) is 23.6. The fraction of sp³-hybridized carbons (Fsp3) is 0.417. The summed E-state index contributed by atoms with van der Waals surface area (Å²) in [6.45, 7) is 9.67. The first-order valence-corrected chi connectivity index (χ1v) is 12.7.